The van der Waals surface area contributed by atoms with Gasteiger partial charge in [0, 0.05) is 11.1 Å². The molecule has 118 valence electrons. The fourth-order valence-corrected chi connectivity index (χ4v) is 2.59. The van der Waals surface area contributed by atoms with Crippen LogP contribution in [0.15, 0.2) is 91.0 Å². The van der Waals surface area contributed by atoms with Gasteiger partial charge in [0.25, 0.3) is 0 Å². The van der Waals surface area contributed by atoms with Gasteiger partial charge in [0.05, 0.1) is 5.69 Å². The van der Waals surface area contributed by atoms with Gasteiger partial charge in [-0.2, -0.15) is 0 Å². The van der Waals surface area contributed by atoms with E-state index in [4.69, 9.17) is 0 Å². The van der Waals surface area contributed by atoms with E-state index in [1.54, 1.807) is 4.68 Å². The maximum Gasteiger partial charge on any atom is 0.145 e. The Hall–Kier alpha value is -3.64. The third-order valence-electron chi connectivity index (χ3n) is 3.82. The van der Waals surface area contributed by atoms with Crippen LogP contribution in [0.2, 0.25) is 0 Å². The summed E-state index contributed by atoms with van der Waals surface area (Å²) >= 11 is 0. The van der Waals surface area contributed by atoms with Gasteiger partial charge in [0.2, 0.25) is 0 Å². The van der Waals surface area contributed by atoms with Crippen LogP contribution in [0.25, 0.3) is 16.9 Å². The maximum atomic E-state index is 4.39. The third kappa shape index (κ3) is 3.19. The Morgan fingerprint density at radius 2 is 1.24 bits per heavy atom. The van der Waals surface area contributed by atoms with Crippen LogP contribution in [0.1, 0.15) is 11.3 Å². The lowest BCUT2D eigenvalue weighted by Gasteiger charge is -2.03. The summed E-state index contributed by atoms with van der Waals surface area (Å²) in [6, 6.07) is 29.9. The lowest BCUT2D eigenvalue weighted by atomic mass is 10.1. The molecule has 0 unspecified atom stereocenters. The van der Waals surface area contributed by atoms with Crippen LogP contribution >= 0.6 is 0 Å². The van der Waals surface area contributed by atoms with Gasteiger partial charge < -0.3 is 0 Å². The van der Waals surface area contributed by atoms with Crippen molar-refractivity contribution in [1.82, 2.24) is 15.0 Å². The van der Waals surface area contributed by atoms with E-state index in [0.717, 1.165) is 28.2 Å². The number of rotatable bonds is 2. The second kappa shape index (κ2) is 6.86. The minimum atomic E-state index is 0.779. The summed E-state index contributed by atoms with van der Waals surface area (Å²) in [5.74, 6) is 6.48. The van der Waals surface area contributed by atoms with Crippen molar-refractivity contribution in [3.05, 3.63) is 102 Å². The van der Waals surface area contributed by atoms with Crippen LogP contribution in [-0.2, 0) is 0 Å². The minimum Gasteiger partial charge on any atom is -0.204 e. The standard InChI is InChI=1S/C22H15N3/c1-4-10-18(11-5-1)16-17-21-22(19-12-6-2-7-13-19)23-24-25(21)20-14-8-3-9-15-20/h1-15H. The zero-order valence-corrected chi connectivity index (χ0v) is 13.5. The Morgan fingerprint density at radius 3 is 1.92 bits per heavy atom. The predicted octanol–water partition coefficient (Wildman–Crippen LogP) is 4.33. The second-order valence-electron chi connectivity index (χ2n) is 5.52. The lowest BCUT2D eigenvalue weighted by molar-refractivity contribution is 0.797. The van der Waals surface area contributed by atoms with Crippen molar-refractivity contribution in [2.75, 3.05) is 0 Å². The number of aromatic nitrogens is 3. The minimum absolute atomic E-state index is 0.779. The van der Waals surface area contributed by atoms with E-state index in [2.05, 4.69) is 22.2 Å². The molecule has 3 aromatic carbocycles. The Bertz CT molecular complexity index is 967. The highest BCUT2D eigenvalue weighted by molar-refractivity contribution is 5.66. The van der Waals surface area contributed by atoms with Crippen molar-refractivity contribution in [3.8, 4) is 28.8 Å². The smallest absolute Gasteiger partial charge is 0.145 e. The van der Waals surface area contributed by atoms with Crippen LogP contribution in [0.4, 0.5) is 0 Å². The largest absolute Gasteiger partial charge is 0.204 e. The molecule has 25 heavy (non-hydrogen) atoms. The van der Waals surface area contributed by atoms with Crippen LogP contribution in [0, 0.1) is 11.8 Å². The summed E-state index contributed by atoms with van der Waals surface area (Å²) in [6.45, 7) is 0. The van der Waals surface area contributed by atoms with E-state index in [1.807, 2.05) is 91.0 Å². The number of hydrogen-bond donors (Lipinski definition) is 0. The first-order valence-corrected chi connectivity index (χ1v) is 8.05. The van der Waals surface area contributed by atoms with E-state index >= 15 is 0 Å². The van der Waals surface area contributed by atoms with Gasteiger partial charge in [0.1, 0.15) is 11.4 Å². The fourth-order valence-electron chi connectivity index (χ4n) is 2.59. The van der Waals surface area contributed by atoms with E-state index < -0.39 is 0 Å². The monoisotopic (exact) mass is 321 g/mol. The molecule has 0 aliphatic heterocycles. The zero-order chi connectivity index (χ0) is 16.9. The van der Waals surface area contributed by atoms with E-state index in [-0.39, 0.29) is 0 Å². The first kappa shape index (κ1) is 14.9. The third-order valence-corrected chi connectivity index (χ3v) is 3.82. The van der Waals surface area contributed by atoms with Crippen LogP contribution in [0.5, 0.6) is 0 Å². The molecule has 0 saturated heterocycles. The second-order valence-corrected chi connectivity index (χ2v) is 5.52. The normalized spacial score (nSPS) is 10.1. The Balaban J connectivity index is 1.87. The quantitative estimate of drug-likeness (QED) is 0.514. The first-order valence-electron chi connectivity index (χ1n) is 8.05. The van der Waals surface area contributed by atoms with Crippen LogP contribution in [0.3, 0.4) is 0 Å². The summed E-state index contributed by atoms with van der Waals surface area (Å²) < 4.78 is 1.79. The molecule has 0 aliphatic carbocycles. The van der Waals surface area contributed by atoms with Gasteiger partial charge in [-0.3, -0.25) is 0 Å². The molecule has 1 aromatic heterocycles. The van der Waals surface area contributed by atoms with Crippen molar-refractivity contribution < 1.29 is 0 Å². The molecule has 0 aliphatic rings. The van der Waals surface area contributed by atoms with Crippen LogP contribution in [-0.4, -0.2) is 15.0 Å². The summed E-state index contributed by atoms with van der Waals surface area (Å²) in [5, 5.41) is 8.72. The lowest BCUT2D eigenvalue weighted by Crippen LogP contribution is -1.99. The molecule has 4 rings (SSSR count). The topological polar surface area (TPSA) is 30.7 Å². The molecule has 0 amide bonds. The number of benzene rings is 3. The predicted molar refractivity (Wildman–Crippen MR) is 99.2 cm³/mol. The molecule has 0 fully saturated rings. The highest BCUT2D eigenvalue weighted by Gasteiger charge is 2.14. The maximum absolute atomic E-state index is 4.39. The zero-order valence-electron chi connectivity index (χ0n) is 13.5. The molecule has 0 bridgehead atoms. The molecule has 0 N–H and O–H groups in total. The van der Waals surface area contributed by atoms with Crippen molar-refractivity contribution >= 4 is 0 Å². The van der Waals surface area contributed by atoms with Crippen molar-refractivity contribution in [3.63, 3.8) is 0 Å². The van der Waals surface area contributed by atoms with Crippen molar-refractivity contribution in [1.29, 1.82) is 0 Å². The first-order chi connectivity index (χ1) is 12.4. The van der Waals surface area contributed by atoms with Crippen molar-refractivity contribution in [2.24, 2.45) is 0 Å². The number of hydrogen-bond acceptors (Lipinski definition) is 2. The molecule has 3 nitrogen and oxygen atoms in total. The van der Waals surface area contributed by atoms with E-state index in [1.165, 1.54) is 0 Å². The molecule has 4 aromatic rings. The molecule has 3 heteroatoms. The van der Waals surface area contributed by atoms with Crippen molar-refractivity contribution in [2.45, 2.75) is 0 Å². The summed E-state index contributed by atoms with van der Waals surface area (Å²) in [5.41, 5.74) is 4.47. The molecular weight excluding hydrogens is 306 g/mol. The van der Waals surface area contributed by atoms with Gasteiger partial charge in [-0.15, -0.1) is 5.10 Å². The molecular formula is C22H15N3. The fraction of sp³-hybridized carbons (Fsp3) is 0. The average molecular weight is 321 g/mol. The number of nitrogens with zero attached hydrogens (tertiary/aromatic N) is 3. The van der Waals surface area contributed by atoms with Gasteiger partial charge >= 0.3 is 0 Å². The highest BCUT2D eigenvalue weighted by atomic mass is 15.4. The highest BCUT2D eigenvalue weighted by Crippen LogP contribution is 2.22. The number of para-hydroxylation sites is 1. The summed E-state index contributed by atoms with van der Waals surface area (Å²) in [7, 11) is 0. The SMILES string of the molecule is C(#Cc1c(-c2ccccc2)nnn1-c1ccccc1)c1ccccc1. The van der Waals surface area contributed by atoms with E-state index in [9.17, 15) is 0 Å². The van der Waals surface area contributed by atoms with E-state index in [0.29, 0.717) is 0 Å². The average Bonchev–Trinajstić information content (AvgIpc) is 3.12. The molecule has 1 heterocycles. The Morgan fingerprint density at radius 1 is 0.640 bits per heavy atom. The molecule has 0 saturated carbocycles. The molecule has 0 atom stereocenters. The molecule has 0 spiro atoms. The van der Waals surface area contributed by atoms with Crippen LogP contribution < -0.4 is 0 Å². The summed E-state index contributed by atoms with van der Waals surface area (Å²) in [6.07, 6.45) is 0. The Labute approximate surface area is 146 Å². The van der Waals surface area contributed by atoms with Gasteiger partial charge in [-0.25, -0.2) is 4.68 Å². The Kier molecular flexibility index (Phi) is 4.09. The van der Waals surface area contributed by atoms with Gasteiger partial charge in [-0.1, -0.05) is 77.9 Å². The summed E-state index contributed by atoms with van der Waals surface area (Å²) in [4.78, 5) is 0. The van der Waals surface area contributed by atoms with Gasteiger partial charge in [-0.05, 0) is 30.2 Å². The van der Waals surface area contributed by atoms with Gasteiger partial charge in [0.15, 0.2) is 0 Å². The molecule has 0 radical (unpaired) electrons.